The zero-order valence-electron chi connectivity index (χ0n) is 15.4. The van der Waals surface area contributed by atoms with E-state index in [9.17, 15) is 9.59 Å². The van der Waals surface area contributed by atoms with Gasteiger partial charge in [-0.2, -0.15) is 0 Å². The maximum absolute atomic E-state index is 12.7. The summed E-state index contributed by atoms with van der Waals surface area (Å²) in [6, 6.07) is 5.92. The summed E-state index contributed by atoms with van der Waals surface area (Å²) >= 11 is 7.22. The van der Waals surface area contributed by atoms with Gasteiger partial charge in [-0.25, -0.2) is 0 Å². The number of unbranched alkanes of at least 4 members (excludes halogenated alkanes) is 1. The second-order valence-corrected chi connectivity index (χ2v) is 8.44. The van der Waals surface area contributed by atoms with E-state index in [2.05, 4.69) is 18.9 Å². The highest BCUT2D eigenvalue weighted by molar-refractivity contribution is 7.16. The number of hydrogen-bond donors (Lipinski definition) is 0. The fourth-order valence-corrected chi connectivity index (χ4v) is 4.60. The molecule has 0 aliphatic carbocycles. The zero-order chi connectivity index (χ0) is 18.7. The van der Waals surface area contributed by atoms with E-state index < -0.39 is 0 Å². The van der Waals surface area contributed by atoms with Crippen LogP contribution in [0.5, 0.6) is 0 Å². The van der Waals surface area contributed by atoms with Gasteiger partial charge in [0.1, 0.15) is 6.54 Å². The van der Waals surface area contributed by atoms with Crippen molar-refractivity contribution in [2.24, 2.45) is 0 Å². The van der Waals surface area contributed by atoms with Crippen LogP contribution >= 0.6 is 22.9 Å². The molecule has 2 heterocycles. The van der Waals surface area contributed by atoms with E-state index in [1.807, 2.05) is 11.0 Å². The van der Waals surface area contributed by atoms with Gasteiger partial charge in [0, 0.05) is 24.2 Å². The number of amides is 1. The van der Waals surface area contributed by atoms with Gasteiger partial charge in [-0.05, 0) is 51.1 Å². The smallest absolute Gasteiger partial charge is 0.308 e. The van der Waals surface area contributed by atoms with Crippen LogP contribution in [0.4, 0.5) is 0 Å². The topological polar surface area (TPSA) is 45.5 Å². The van der Waals surface area contributed by atoms with Crippen molar-refractivity contribution < 1.29 is 4.79 Å². The number of halogens is 1. The normalized spacial score (nSPS) is 15.9. The average molecular weight is 396 g/mol. The summed E-state index contributed by atoms with van der Waals surface area (Å²) in [6.45, 7) is 4.94. The van der Waals surface area contributed by atoms with E-state index in [0.29, 0.717) is 11.1 Å². The van der Waals surface area contributed by atoms with Crippen molar-refractivity contribution in [1.82, 2.24) is 14.4 Å². The molecule has 142 valence electrons. The fraction of sp³-hybridized carbons (Fsp3) is 0.579. The minimum absolute atomic E-state index is 0.0152. The molecule has 1 aliphatic rings. The molecular weight excluding hydrogens is 370 g/mol. The number of benzene rings is 1. The molecule has 2 aromatic rings. The van der Waals surface area contributed by atoms with Crippen molar-refractivity contribution in [3.63, 3.8) is 0 Å². The maximum Gasteiger partial charge on any atom is 0.308 e. The summed E-state index contributed by atoms with van der Waals surface area (Å²) in [7, 11) is 2.18. The molecule has 1 amide bonds. The molecule has 0 bridgehead atoms. The molecule has 7 heteroatoms. The quantitative estimate of drug-likeness (QED) is 0.752. The minimum Gasteiger partial charge on any atom is -0.341 e. The number of fused-ring (bicyclic) bond motifs is 1. The Morgan fingerprint density at radius 2 is 2.08 bits per heavy atom. The molecule has 1 aromatic heterocycles. The van der Waals surface area contributed by atoms with E-state index in [0.717, 1.165) is 54.0 Å². The molecule has 5 nitrogen and oxygen atoms in total. The molecule has 0 saturated carbocycles. The molecule has 1 fully saturated rings. The lowest BCUT2D eigenvalue weighted by Gasteiger charge is -2.36. The molecule has 0 atom stereocenters. The molecule has 3 rings (SSSR count). The lowest BCUT2D eigenvalue weighted by molar-refractivity contribution is -0.133. The first kappa shape index (κ1) is 19.4. The van der Waals surface area contributed by atoms with Gasteiger partial charge >= 0.3 is 4.87 Å². The van der Waals surface area contributed by atoms with E-state index in [1.54, 1.807) is 16.7 Å². The molecule has 0 radical (unpaired) electrons. The van der Waals surface area contributed by atoms with Gasteiger partial charge in [-0.1, -0.05) is 36.3 Å². The number of rotatable bonds is 6. The highest BCUT2D eigenvalue weighted by Crippen LogP contribution is 2.22. The Morgan fingerprint density at radius 1 is 1.35 bits per heavy atom. The summed E-state index contributed by atoms with van der Waals surface area (Å²) in [5.41, 5.74) is 0.745. The molecule has 1 aromatic carbocycles. The Balaban J connectivity index is 1.63. The predicted molar refractivity (Wildman–Crippen MR) is 108 cm³/mol. The highest BCUT2D eigenvalue weighted by Gasteiger charge is 2.25. The van der Waals surface area contributed by atoms with Gasteiger partial charge in [0.25, 0.3) is 0 Å². The van der Waals surface area contributed by atoms with Gasteiger partial charge in [0.2, 0.25) is 5.91 Å². The van der Waals surface area contributed by atoms with Crippen molar-refractivity contribution in [2.75, 3.05) is 26.7 Å². The second kappa shape index (κ2) is 8.55. The summed E-state index contributed by atoms with van der Waals surface area (Å²) in [5.74, 6) is 0.0152. The lowest BCUT2D eigenvalue weighted by Crippen LogP contribution is -2.47. The Hall–Kier alpha value is -1.37. The molecule has 1 aliphatic heterocycles. The van der Waals surface area contributed by atoms with Gasteiger partial charge in [-0.15, -0.1) is 0 Å². The number of hydrogen-bond acceptors (Lipinski definition) is 4. The number of nitrogens with zero attached hydrogens (tertiary/aromatic N) is 3. The Labute approximate surface area is 163 Å². The van der Waals surface area contributed by atoms with Crippen LogP contribution in [0.1, 0.15) is 32.6 Å². The minimum atomic E-state index is -0.107. The fourth-order valence-electron chi connectivity index (χ4n) is 3.57. The largest absolute Gasteiger partial charge is 0.341 e. The third kappa shape index (κ3) is 4.30. The van der Waals surface area contributed by atoms with Crippen LogP contribution in [-0.4, -0.2) is 53.0 Å². The number of thiazole rings is 1. The number of piperidine rings is 1. The van der Waals surface area contributed by atoms with Crippen LogP contribution in [0.3, 0.4) is 0 Å². The Kier molecular flexibility index (Phi) is 6.37. The van der Waals surface area contributed by atoms with Crippen LogP contribution < -0.4 is 4.87 Å². The van der Waals surface area contributed by atoms with Gasteiger partial charge < -0.3 is 9.80 Å². The first-order valence-corrected chi connectivity index (χ1v) is 10.5. The van der Waals surface area contributed by atoms with Crippen LogP contribution in [0.25, 0.3) is 10.2 Å². The van der Waals surface area contributed by atoms with Gasteiger partial charge in [0.15, 0.2) is 0 Å². The van der Waals surface area contributed by atoms with E-state index in [1.165, 1.54) is 12.8 Å². The van der Waals surface area contributed by atoms with E-state index in [4.69, 9.17) is 11.6 Å². The Bertz CT molecular complexity index is 824. The molecule has 1 saturated heterocycles. The average Bonchev–Trinajstić information content (AvgIpc) is 2.94. The monoisotopic (exact) mass is 395 g/mol. The summed E-state index contributed by atoms with van der Waals surface area (Å²) < 4.78 is 2.41. The molecule has 0 N–H and O–H groups in total. The van der Waals surface area contributed by atoms with Crippen LogP contribution in [0, 0.1) is 0 Å². The zero-order valence-corrected chi connectivity index (χ0v) is 17.0. The number of carbonyl (C=O) groups excluding carboxylic acids is 1. The Morgan fingerprint density at radius 3 is 2.77 bits per heavy atom. The number of aromatic nitrogens is 1. The molecule has 0 unspecified atom stereocenters. The van der Waals surface area contributed by atoms with Crippen molar-refractivity contribution in [3.8, 4) is 0 Å². The van der Waals surface area contributed by atoms with Gasteiger partial charge in [-0.3, -0.25) is 14.2 Å². The first-order chi connectivity index (χ1) is 12.5. The van der Waals surface area contributed by atoms with Crippen LogP contribution in [0.15, 0.2) is 23.0 Å². The van der Waals surface area contributed by atoms with Crippen molar-refractivity contribution in [2.45, 2.75) is 45.2 Å². The lowest BCUT2D eigenvalue weighted by atomic mass is 10.0. The van der Waals surface area contributed by atoms with Crippen molar-refractivity contribution in [1.29, 1.82) is 0 Å². The van der Waals surface area contributed by atoms with Crippen LogP contribution in [0.2, 0.25) is 5.02 Å². The van der Waals surface area contributed by atoms with Crippen molar-refractivity contribution >= 4 is 39.1 Å². The van der Waals surface area contributed by atoms with Gasteiger partial charge in [0.05, 0.1) is 10.2 Å². The standard InChI is InChI=1S/C19H26ClN3O2S/c1-3-4-9-21(2)15-7-10-22(11-8-15)18(24)13-23-16-12-14(20)5-6-17(16)26-19(23)25/h5-6,12,15H,3-4,7-11,13H2,1-2H3. The van der Waals surface area contributed by atoms with E-state index >= 15 is 0 Å². The SMILES string of the molecule is CCCCN(C)C1CCN(C(=O)Cn2c(=O)sc3ccc(Cl)cc32)CC1. The third-order valence-electron chi connectivity index (χ3n) is 5.23. The maximum atomic E-state index is 12.7. The third-order valence-corrected chi connectivity index (χ3v) is 6.42. The van der Waals surface area contributed by atoms with Crippen molar-refractivity contribution in [3.05, 3.63) is 32.9 Å². The number of carbonyl (C=O) groups is 1. The van der Waals surface area contributed by atoms with Crippen LogP contribution in [-0.2, 0) is 11.3 Å². The van der Waals surface area contributed by atoms with E-state index in [-0.39, 0.29) is 17.3 Å². The highest BCUT2D eigenvalue weighted by atomic mass is 35.5. The molecule has 0 spiro atoms. The summed E-state index contributed by atoms with van der Waals surface area (Å²) in [5, 5.41) is 0.576. The number of likely N-dealkylation sites (tertiary alicyclic amines) is 1. The summed E-state index contributed by atoms with van der Waals surface area (Å²) in [4.78, 5) is 29.2. The molecule has 26 heavy (non-hydrogen) atoms. The second-order valence-electron chi connectivity index (χ2n) is 7.01. The summed E-state index contributed by atoms with van der Waals surface area (Å²) in [6.07, 6.45) is 4.41. The molecular formula is C19H26ClN3O2S. The first-order valence-electron chi connectivity index (χ1n) is 9.26. The predicted octanol–water partition coefficient (Wildman–Crippen LogP) is 3.44.